The fourth-order valence-corrected chi connectivity index (χ4v) is 2.39. The van der Waals surface area contributed by atoms with Gasteiger partial charge in [0.1, 0.15) is 28.7 Å². The summed E-state index contributed by atoms with van der Waals surface area (Å²) in [6.07, 6.45) is -0.602. The van der Waals surface area contributed by atoms with Crippen molar-refractivity contribution in [2.24, 2.45) is 0 Å². The predicted molar refractivity (Wildman–Crippen MR) is 96.8 cm³/mol. The van der Waals surface area contributed by atoms with Crippen molar-refractivity contribution >= 4 is 11.8 Å². The van der Waals surface area contributed by atoms with E-state index in [1.54, 1.807) is 58.9 Å². The van der Waals surface area contributed by atoms with Gasteiger partial charge in [-0.1, -0.05) is 19.9 Å². The number of anilines is 1. The van der Waals surface area contributed by atoms with E-state index >= 15 is 0 Å². The fourth-order valence-electron chi connectivity index (χ4n) is 2.39. The Morgan fingerprint density at radius 1 is 1.12 bits per heavy atom. The first kappa shape index (κ1) is 19.7. The van der Waals surface area contributed by atoms with Gasteiger partial charge in [0.25, 0.3) is 0 Å². The third-order valence-electron chi connectivity index (χ3n) is 3.34. The summed E-state index contributed by atoms with van der Waals surface area (Å²) in [4.78, 5) is 11.9. The molecule has 140 valence electrons. The van der Waals surface area contributed by atoms with Gasteiger partial charge >= 0.3 is 6.09 Å². The maximum absolute atomic E-state index is 14.1. The minimum absolute atomic E-state index is 0.104. The van der Waals surface area contributed by atoms with Crippen molar-refractivity contribution in [2.45, 2.75) is 46.1 Å². The molecule has 0 saturated carbocycles. The van der Waals surface area contributed by atoms with Crippen molar-refractivity contribution in [3.63, 3.8) is 0 Å². The molecule has 0 heterocycles. The first-order valence-electron chi connectivity index (χ1n) is 8.32. The number of amides is 1. The van der Waals surface area contributed by atoms with Gasteiger partial charge in [-0.3, -0.25) is 5.32 Å². The molecule has 2 aromatic rings. The normalized spacial score (nSPS) is 11.4. The van der Waals surface area contributed by atoms with Gasteiger partial charge in [0.2, 0.25) is 0 Å². The van der Waals surface area contributed by atoms with E-state index in [0.717, 1.165) is 12.1 Å². The molecule has 4 nitrogen and oxygen atoms in total. The molecule has 1 amide bonds. The highest BCUT2D eigenvalue weighted by atomic mass is 19.1. The lowest BCUT2D eigenvalue weighted by molar-refractivity contribution is 0.0636. The van der Waals surface area contributed by atoms with Gasteiger partial charge in [-0.05, 0) is 38.8 Å². The number of nitrogens with one attached hydrogen (secondary N) is 1. The maximum Gasteiger partial charge on any atom is 0.412 e. The van der Waals surface area contributed by atoms with E-state index < -0.39 is 23.3 Å². The molecule has 26 heavy (non-hydrogen) atoms. The molecule has 2 rings (SSSR count). The highest BCUT2D eigenvalue weighted by molar-refractivity contribution is 5.85. The molecular formula is C20H23F2NO3. The van der Waals surface area contributed by atoms with Crippen molar-refractivity contribution in [2.75, 3.05) is 5.32 Å². The molecule has 0 fully saturated rings. The number of hydrogen-bond donors (Lipinski definition) is 1. The summed E-state index contributed by atoms with van der Waals surface area (Å²) in [7, 11) is 0. The molecule has 0 aliphatic rings. The molecule has 6 heteroatoms. The molecule has 0 saturated heterocycles. The number of benzene rings is 2. The summed E-state index contributed by atoms with van der Waals surface area (Å²) < 4.78 is 38.5. The van der Waals surface area contributed by atoms with Crippen LogP contribution in [0.1, 0.15) is 46.1 Å². The van der Waals surface area contributed by atoms with Crippen LogP contribution >= 0.6 is 0 Å². The van der Waals surface area contributed by atoms with E-state index in [-0.39, 0.29) is 17.2 Å². The van der Waals surface area contributed by atoms with Crippen LogP contribution in [0.25, 0.3) is 0 Å². The lowest BCUT2D eigenvalue weighted by Crippen LogP contribution is -2.27. The van der Waals surface area contributed by atoms with E-state index in [1.807, 2.05) is 0 Å². The highest BCUT2D eigenvalue weighted by Gasteiger charge is 2.18. The first-order valence-corrected chi connectivity index (χ1v) is 8.32. The summed E-state index contributed by atoms with van der Waals surface area (Å²) in [5, 5.41) is 2.60. The van der Waals surface area contributed by atoms with Crippen molar-refractivity contribution in [1.29, 1.82) is 0 Å². The Morgan fingerprint density at radius 2 is 1.81 bits per heavy atom. The number of ether oxygens (including phenoxy) is 2. The van der Waals surface area contributed by atoms with Crippen LogP contribution in [-0.2, 0) is 4.74 Å². The van der Waals surface area contributed by atoms with E-state index in [1.165, 1.54) is 0 Å². The molecule has 0 radical (unpaired) electrons. The monoisotopic (exact) mass is 363 g/mol. The SMILES string of the molecule is CC(C)c1c(F)cc(F)cc1Oc1cccc(NC(=O)OC(C)(C)C)c1. The number of rotatable bonds is 4. The van der Waals surface area contributed by atoms with Crippen LogP contribution in [0, 0.1) is 11.6 Å². The van der Waals surface area contributed by atoms with Crippen molar-refractivity contribution in [3.8, 4) is 11.5 Å². The van der Waals surface area contributed by atoms with Crippen LogP contribution in [-0.4, -0.2) is 11.7 Å². The molecule has 0 spiro atoms. The van der Waals surface area contributed by atoms with E-state index in [2.05, 4.69) is 5.32 Å². The van der Waals surface area contributed by atoms with Gasteiger partial charge < -0.3 is 9.47 Å². The van der Waals surface area contributed by atoms with Crippen LogP contribution in [0.2, 0.25) is 0 Å². The summed E-state index contributed by atoms with van der Waals surface area (Å²) >= 11 is 0. The van der Waals surface area contributed by atoms with E-state index in [0.29, 0.717) is 11.4 Å². The summed E-state index contributed by atoms with van der Waals surface area (Å²) in [6.45, 7) is 8.88. The number of hydrogen-bond acceptors (Lipinski definition) is 3. The summed E-state index contributed by atoms with van der Waals surface area (Å²) in [6, 6.07) is 8.48. The van der Waals surface area contributed by atoms with Gasteiger partial charge in [-0.2, -0.15) is 0 Å². The zero-order valence-electron chi connectivity index (χ0n) is 15.5. The molecular weight excluding hydrogens is 340 g/mol. The van der Waals surface area contributed by atoms with Crippen LogP contribution in [0.5, 0.6) is 11.5 Å². The first-order chi connectivity index (χ1) is 12.0. The van der Waals surface area contributed by atoms with Gasteiger partial charge in [0.15, 0.2) is 0 Å². The average Bonchev–Trinajstić information content (AvgIpc) is 2.43. The Labute approximate surface area is 152 Å². The Bertz CT molecular complexity index is 798. The van der Waals surface area contributed by atoms with Crippen molar-refractivity contribution in [3.05, 3.63) is 53.6 Å². The van der Waals surface area contributed by atoms with Crippen LogP contribution in [0.3, 0.4) is 0 Å². The summed E-state index contributed by atoms with van der Waals surface area (Å²) in [5.74, 6) is -1.12. The van der Waals surface area contributed by atoms with E-state index in [4.69, 9.17) is 9.47 Å². The second-order valence-electron chi connectivity index (χ2n) is 7.21. The van der Waals surface area contributed by atoms with Crippen LogP contribution < -0.4 is 10.1 Å². The third-order valence-corrected chi connectivity index (χ3v) is 3.34. The smallest absolute Gasteiger partial charge is 0.412 e. The second-order valence-corrected chi connectivity index (χ2v) is 7.21. The number of carbonyl (C=O) groups is 1. The Balaban J connectivity index is 2.23. The quantitative estimate of drug-likeness (QED) is 0.701. The molecule has 2 aromatic carbocycles. The maximum atomic E-state index is 14.1. The lowest BCUT2D eigenvalue weighted by Gasteiger charge is -2.20. The molecule has 1 N–H and O–H groups in total. The summed E-state index contributed by atoms with van der Waals surface area (Å²) in [5.41, 5.74) is 0.111. The zero-order valence-corrected chi connectivity index (χ0v) is 15.5. The molecule has 0 aliphatic heterocycles. The highest BCUT2D eigenvalue weighted by Crippen LogP contribution is 2.34. The zero-order chi connectivity index (χ0) is 19.5. The van der Waals surface area contributed by atoms with Crippen LogP contribution in [0.15, 0.2) is 36.4 Å². The average molecular weight is 363 g/mol. The fraction of sp³-hybridized carbons (Fsp3) is 0.350. The van der Waals surface area contributed by atoms with E-state index in [9.17, 15) is 13.6 Å². The predicted octanol–water partition coefficient (Wildman–Crippen LogP) is 6.23. The topological polar surface area (TPSA) is 47.6 Å². The van der Waals surface area contributed by atoms with Gasteiger partial charge in [0.05, 0.1) is 0 Å². The van der Waals surface area contributed by atoms with Crippen molar-refractivity contribution < 1.29 is 23.0 Å². The van der Waals surface area contributed by atoms with Gasteiger partial charge in [0, 0.05) is 29.4 Å². The number of halogens is 2. The minimum atomic E-state index is -0.718. The molecule has 0 unspecified atom stereocenters. The Kier molecular flexibility index (Phi) is 5.85. The van der Waals surface area contributed by atoms with Crippen molar-refractivity contribution in [1.82, 2.24) is 0 Å². The standard InChI is InChI=1S/C20H23F2NO3/c1-12(2)18-16(22)9-13(21)10-17(18)25-15-8-6-7-14(11-15)23-19(24)26-20(3,4)5/h6-12H,1-5H3,(H,23,24). The lowest BCUT2D eigenvalue weighted by atomic mass is 10.0. The minimum Gasteiger partial charge on any atom is -0.457 e. The second kappa shape index (κ2) is 7.72. The van der Waals surface area contributed by atoms with Gasteiger partial charge in [-0.25, -0.2) is 13.6 Å². The van der Waals surface area contributed by atoms with Crippen LogP contribution in [0.4, 0.5) is 19.3 Å². The van der Waals surface area contributed by atoms with Gasteiger partial charge in [-0.15, -0.1) is 0 Å². The molecule has 0 bridgehead atoms. The Morgan fingerprint density at radius 3 is 2.42 bits per heavy atom. The molecule has 0 atom stereocenters. The largest absolute Gasteiger partial charge is 0.457 e. The third kappa shape index (κ3) is 5.44. The molecule has 0 aromatic heterocycles. The number of carbonyl (C=O) groups excluding carboxylic acids is 1. The Hall–Kier alpha value is -2.63. The molecule has 0 aliphatic carbocycles.